The van der Waals surface area contributed by atoms with Crippen molar-refractivity contribution in [3.05, 3.63) is 71.9 Å². The molecule has 0 saturated carbocycles. The maximum absolute atomic E-state index is 13.3. The van der Waals surface area contributed by atoms with Crippen molar-refractivity contribution in [1.29, 1.82) is 0 Å². The molecule has 1 saturated heterocycles. The summed E-state index contributed by atoms with van der Waals surface area (Å²) >= 11 is 0. The highest BCUT2D eigenvalue weighted by molar-refractivity contribution is 5.57. The van der Waals surface area contributed by atoms with Gasteiger partial charge in [-0.15, -0.1) is 0 Å². The van der Waals surface area contributed by atoms with Gasteiger partial charge in [0.25, 0.3) is 0 Å². The summed E-state index contributed by atoms with van der Waals surface area (Å²) in [5.41, 5.74) is 2.91. The van der Waals surface area contributed by atoms with Gasteiger partial charge in [0.2, 0.25) is 0 Å². The van der Waals surface area contributed by atoms with E-state index >= 15 is 0 Å². The number of hydrogen-bond acceptors (Lipinski definition) is 5. The van der Waals surface area contributed by atoms with Crippen LogP contribution in [0.2, 0.25) is 0 Å². The van der Waals surface area contributed by atoms with E-state index < -0.39 is 0 Å². The molecule has 5 nitrogen and oxygen atoms in total. The predicted molar refractivity (Wildman–Crippen MR) is 107 cm³/mol. The first kappa shape index (κ1) is 18.5. The molecule has 1 fully saturated rings. The molecule has 144 valence electrons. The number of pyridine rings is 1. The Morgan fingerprint density at radius 1 is 1.07 bits per heavy atom. The molecule has 0 amide bonds. The van der Waals surface area contributed by atoms with Crippen LogP contribution >= 0.6 is 0 Å². The molecule has 0 bridgehead atoms. The molecule has 0 N–H and O–H groups in total. The Balaban J connectivity index is 1.66. The Morgan fingerprint density at radius 3 is 2.54 bits per heavy atom. The molecule has 1 aromatic carbocycles. The smallest absolute Gasteiger partial charge is 0.161 e. The zero-order valence-electron chi connectivity index (χ0n) is 16.0. The van der Waals surface area contributed by atoms with Crippen molar-refractivity contribution in [3.63, 3.8) is 0 Å². The van der Waals surface area contributed by atoms with Crippen LogP contribution in [-0.2, 0) is 11.2 Å². The molecule has 2 aromatic heterocycles. The number of rotatable bonds is 4. The summed E-state index contributed by atoms with van der Waals surface area (Å²) in [6.45, 7) is 5.54. The first-order valence-electron chi connectivity index (χ1n) is 9.56. The second-order valence-corrected chi connectivity index (χ2v) is 7.02. The van der Waals surface area contributed by atoms with Gasteiger partial charge in [-0.1, -0.05) is 19.1 Å². The average molecular weight is 378 g/mol. The number of halogens is 1. The van der Waals surface area contributed by atoms with Crippen molar-refractivity contribution in [2.24, 2.45) is 0 Å². The van der Waals surface area contributed by atoms with E-state index in [1.165, 1.54) is 12.1 Å². The van der Waals surface area contributed by atoms with Crippen molar-refractivity contribution in [1.82, 2.24) is 15.0 Å². The van der Waals surface area contributed by atoms with Crippen LogP contribution in [0.4, 0.5) is 10.2 Å². The Kier molecular flexibility index (Phi) is 5.30. The molecule has 0 aliphatic carbocycles. The van der Waals surface area contributed by atoms with Crippen LogP contribution in [0, 0.1) is 5.82 Å². The van der Waals surface area contributed by atoms with E-state index in [0.717, 1.165) is 35.6 Å². The lowest BCUT2D eigenvalue weighted by Crippen LogP contribution is -2.43. The van der Waals surface area contributed by atoms with Gasteiger partial charge < -0.3 is 9.64 Å². The van der Waals surface area contributed by atoms with Crippen LogP contribution in [-0.4, -0.2) is 34.1 Å². The van der Waals surface area contributed by atoms with E-state index in [0.29, 0.717) is 12.4 Å². The van der Waals surface area contributed by atoms with E-state index in [2.05, 4.69) is 21.8 Å². The quantitative estimate of drug-likeness (QED) is 0.681. The summed E-state index contributed by atoms with van der Waals surface area (Å²) in [6, 6.07) is 12.4. The van der Waals surface area contributed by atoms with Gasteiger partial charge in [0.05, 0.1) is 6.10 Å². The van der Waals surface area contributed by atoms with Crippen molar-refractivity contribution in [3.8, 4) is 11.4 Å². The lowest BCUT2D eigenvalue weighted by Gasteiger charge is -2.38. The molecule has 2 atom stereocenters. The summed E-state index contributed by atoms with van der Waals surface area (Å²) in [4.78, 5) is 15.8. The molecule has 0 spiro atoms. The third kappa shape index (κ3) is 4.02. The number of morpholine rings is 1. The van der Waals surface area contributed by atoms with E-state index in [9.17, 15) is 4.39 Å². The maximum Gasteiger partial charge on any atom is 0.161 e. The Hall–Kier alpha value is -2.86. The zero-order chi connectivity index (χ0) is 19.5. The second kappa shape index (κ2) is 8.02. The molecular weight excluding hydrogens is 355 g/mol. The molecule has 3 heterocycles. The molecule has 6 heteroatoms. The second-order valence-electron chi connectivity index (χ2n) is 7.02. The largest absolute Gasteiger partial charge is 0.367 e. The summed E-state index contributed by atoms with van der Waals surface area (Å²) in [6.07, 6.45) is 4.23. The number of aryl methyl sites for hydroxylation is 1. The molecule has 4 rings (SSSR count). The fourth-order valence-electron chi connectivity index (χ4n) is 3.46. The predicted octanol–water partition coefficient (Wildman–Crippen LogP) is 4.21. The van der Waals surface area contributed by atoms with Gasteiger partial charge in [-0.25, -0.2) is 14.4 Å². The fourth-order valence-corrected chi connectivity index (χ4v) is 3.46. The van der Waals surface area contributed by atoms with Gasteiger partial charge in [-0.05, 0) is 43.2 Å². The van der Waals surface area contributed by atoms with Gasteiger partial charge in [0.1, 0.15) is 17.7 Å². The molecule has 3 aromatic rings. The number of aromatic nitrogens is 3. The van der Waals surface area contributed by atoms with Gasteiger partial charge in [0, 0.05) is 42.8 Å². The number of nitrogens with zero attached hydrogens (tertiary/aromatic N) is 4. The minimum absolute atomic E-state index is 0.0354. The highest BCUT2D eigenvalue weighted by Crippen LogP contribution is 2.29. The van der Waals surface area contributed by atoms with E-state index in [1.54, 1.807) is 24.5 Å². The van der Waals surface area contributed by atoms with Crippen molar-refractivity contribution in [2.45, 2.75) is 32.5 Å². The summed E-state index contributed by atoms with van der Waals surface area (Å²) in [7, 11) is 0. The van der Waals surface area contributed by atoms with Crippen LogP contribution < -0.4 is 4.90 Å². The third-order valence-corrected chi connectivity index (χ3v) is 4.89. The normalized spacial score (nSPS) is 19.6. The third-order valence-electron chi connectivity index (χ3n) is 4.89. The molecule has 1 aliphatic heterocycles. The number of ether oxygens (including phenoxy) is 1. The van der Waals surface area contributed by atoms with Gasteiger partial charge in [-0.3, -0.25) is 4.98 Å². The Bertz CT molecular complexity index is 933. The van der Waals surface area contributed by atoms with Crippen LogP contribution in [0.15, 0.2) is 54.9 Å². The Morgan fingerprint density at radius 2 is 1.82 bits per heavy atom. The number of benzene rings is 1. The highest BCUT2D eigenvalue weighted by Gasteiger charge is 2.28. The van der Waals surface area contributed by atoms with E-state index in [4.69, 9.17) is 9.72 Å². The van der Waals surface area contributed by atoms with Crippen molar-refractivity contribution >= 4 is 5.82 Å². The van der Waals surface area contributed by atoms with E-state index in [-0.39, 0.29) is 18.0 Å². The first-order chi connectivity index (χ1) is 13.6. The minimum atomic E-state index is -0.241. The summed E-state index contributed by atoms with van der Waals surface area (Å²) in [5, 5.41) is 0. The summed E-state index contributed by atoms with van der Waals surface area (Å²) in [5.74, 6) is 1.35. The lowest BCUT2D eigenvalue weighted by atomic mass is 10.1. The van der Waals surface area contributed by atoms with Crippen LogP contribution in [0.1, 0.15) is 31.2 Å². The number of hydrogen-bond donors (Lipinski definition) is 0. The highest BCUT2D eigenvalue weighted by atomic mass is 19.1. The molecule has 2 unspecified atom stereocenters. The SMILES string of the molecule is CCc1cc(N2CC(C)OC(c3ccc(F)cc3)C2)nc(-c2ccncc2)n1. The lowest BCUT2D eigenvalue weighted by molar-refractivity contribution is -0.0176. The van der Waals surface area contributed by atoms with Crippen LogP contribution in [0.3, 0.4) is 0 Å². The van der Waals surface area contributed by atoms with Crippen molar-refractivity contribution in [2.75, 3.05) is 18.0 Å². The van der Waals surface area contributed by atoms with Crippen molar-refractivity contribution < 1.29 is 9.13 Å². The van der Waals surface area contributed by atoms with Gasteiger partial charge in [0.15, 0.2) is 5.82 Å². The molecule has 1 aliphatic rings. The Labute approximate surface area is 164 Å². The van der Waals surface area contributed by atoms with Crippen LogP contribution in [0.5, 0.6) is 0 Å². The monoisotopic (exact) mass is 378 g/mol. The minimum Gasteiger partial charge on any atom is -0.367 e. The van der Waals surface area contributed by atoms with Crippen LogP contribution in [0.25, 0.3) is 11.4 Å². The number of anilines is 1. The average Bonchev–Trinajstić information content (AvgIpc) is 2.74. The fraction of sp³-hybridized carbons (Fsp3) is 0.318. The first-order valence-corrected chi connectivity index (χ1v) is 9.56. The standard InChI is InChI=1S/C22H23FN4O/c1-3-19-12-21(26-22(25-19)17-8-10-24-11-9-17)27-13-15(2)28-20(14-27)16-4-6-18(23)7-5-16/h4-12,15,20H,3,13-14H2,1-2H3. The van der Waals surface area contributed by atoms with E-state index in [1.807, 2.05) is 25.1 Å². The molecule has 28 heavy (non-hydrogen) atoms. The van der Waals surface area contributed by atoms with Gasteiger partial charge >= 0.3 is 0 Å². The molecular formula is C22H23FN4O. The zero-order valence-corrected chi connectivity index (χ0v) is 16.0. The summed E-state index contributed by atoms with van der Waals surface area (Å²) < 4.78 is 19.4. The molecule has 0 radical (unpaired) electrons. The van der Waals surface area contributed by atoms with Gasteiger partial charge in [-0.2, -0.15) is 0 Å². The maximum atomic E-state index is 13.3. The topological polar surface area (TPSA) is 51.1 Å².